The molecule has 0 aromatic carbocycles. The van der Waals surface area contributed by atoms with Crippen LogP contribution in [-0.2, 0) is 18.4 Å². The molecule has 0 aromatic heterocycles. The molecule has 318 valence electrons. The minimum absolute atomic E-state index is 0.0178. The van der Waals surface area contributed by atoms with Gasteiger partial charge in [0, 0.05) is 6.42 Å². The fourth-order valence-corrected chi connectivity index (χ4v) is 6.04. The third kappa shape index (κ3) is 34.8. The normalized spacial score (nSPS) is 16.9. The topological polar surface area (TPSA) is 169 Å². The molecule has 5 N–H and O–H groups in total. The highest BCUT2D eigenvalue weighted by Crippen LogP contribution is 2.38. The number of allylic oxidation sites excluding steroid dienone is 8. The number of aliphatic hydroxyl groups is 4. The molecule has 0 heterocycles. The number of phosphoric ester groups is 1. The van der Waals surface area contributed by atoms with E-state index in [0.29, 0.717) is 17.4 Å². The van der Waals surface area contributed by atoms with Crippen LogP contribution in [0.1, 0.15) is 123 Å². The maximum atomic E-state index is 12.8. The van der Waals surface area contributed by atoms with Gasteiger partial charge in [-0.1, -0.05) is 151 Å². The molecular formula is C43H77N2O9P. The Labute approximate surface area is 333 Å². The quantitative estimate of drug-likeness (QED) is 0.0147. The molecule has 1 unspecified atom stereocenters. The summed E-state index contributed by atoms with van der Waals surface area (Å²) in [6, 6.07) is -1.05. The Morgan fingerprint density at radius 3 is 1.91 bits per heavy atom. The molecule has 0 saturated carbocycles. The molecule has 12 heteroatoms. The van der Waals surface area contributed by atoms with Gasteiger partial charge in [0.15, 0.2) is 0 Å². The maximum Gasteiger partial charge on any atom is 0.268 e. The molecule has 0 rings (SSSR count). The van der Waals surface area contributed by atoms with Crippen LogP contribution >= 0.6 is 7.82 Å². The number of amides is 1. The van der Waals surface area contributed by atoms with Crippen molar-refractivity contribution in [1.82, 2.24) is 5.32 Å². The van der Waals surface area contributed by atoms with Crippen LogP contribution in [0.2, 0.25) is 0 Å². The summed E-state index contributed by atoms with van der Waals surface area (Å²) in [5, 5.41) is 44.1. The van der Waals surface area contributed by atoms with Crippen molar-refractivity contribution >= 4 is 13.7 Å². The molecule has 0 aliphatic rings. The third-order valence-corrected chi connectivity index (χ3v) is 9.73. The highest BCUT2D eigenvalue weighted by molar-refractivity contribution is 7.45. The van der Waals surface area contributed by atoms with E-state index in [-0.39, 0.29) is 25.9 Å². The van der Waals surface area contributed by atoms with Crippen LogP contribution in [-0.4, -0.2) is 102 Å². The monoisotopic (exact) mass is 797 g/mol. The first-order valence-corrected chi connectivity index (χ1v) is 22.1. The number of hydrogen-bond acceptors (Lipinski definition) is 9. The van der Waals surface area contributed by atoms with Gasteiger partial charge < -0.3 is 44.2 Å². The van der Waals surface area contributed by atoms with Crippen molar-refractivity contribution < 1.29 is 48.2 Å². The van der Waals surface area contributed by atoms with Crippen LogP contribution in [0.15, 0.2) is 72.9 Å². The van der Waals surface area contributed by atoms with Gasteiger partial charge in [-0.2, -0.15) is 0 Å². The summed E-state index contributed by atoms with van der Waals surface area (Å²) < 4.78 is 23.0. The lowest BCUT2D eigenvalue weighted by Crippen LogP contribution is -2.46. The van der Waals surface area contributed by atoms with Crippen LogP contribution in [0.25, 0.3) is 0 Å². The second-order valence-corrected chi connectivity index (χ2v) is 16.6. The van der Waals surface area contributed by atoms with Gasteiger partial charge in [0.25, 0.3) is 7.82 Å². The summed E-state index contributed by atoms with van der Waals surface area (Å²) in [6.45, 7) is 4.13. The van der Waals surface area contributed by atoms with Crippen molar-refractivity contribution in [3.63, 3.8) is 0 Å². The smallest absolute Gasteiger partial charge is 0.268 e. The number of rotatable bonds is 35. The zero-order chi connectivity index (χ0) is 41.2. The minimum Gasteiger partial charge on any atom is -0.756 e. The van der Waals surface area contributed by atoms with E-state index in [0.717, 1.165) is 25.7 Å². The lowest BCUT2D eigenvalue weighted by Gasteiger charge is -2.29. The van der Waals surface area contributed by atoms with Crippen molar-refractivity contribution in [3.05, 3.63) is 72.9 Å². The first-order valence-electron chi connectivity index (χ1n) is 20.6. The lowest BCUT2D eigenvalue weighted by molar-refractivity contribution is -0.870. The summed E-state index contributed by atoms with van der Waals surface area (Å²) in [7, 11) is 1.03. The predicted molar refractivity (Wildman–Crippen MR) is 223 cm³/mol. The van der Waals surface area contributed by atoms with Crippen molar-refractivity contribution in [2.24, 2.45) is 0 Å². The summed E-state index contributed by atoms with van der Waals surface area (Å²) in [5.74, 6) is -0.455. The number of unbranched alkanes of at least 4 members (excludes halogenated alkanes) is 11. The molecule has 0 saturated heterocycles. The second kappa shape index (κ2) is 33.9. The van der Waals surface area contributed by atoms with E-state index in [1.54, 1.807) is 48.6 Å². The number of carbonyl (C=O) groups is 1. The molecule has 0 bridgehead atoms. The third-order valence-electron chi connectivity index (χ3n) is 8.76. The second-order valence-electron chi connectivity index (χ2n) is 15.2. The zero-order valence-corrected chi connectivity index (χ0v) is 35.6. The Morgan fingerprint density at radius 1 is 0.727 bits per heavy atom. The van der Waals surface area contributed by atoms with Crippen LogP contribution in [0.3, 0.4) is 0 Å². The first-order chi connectivity index (χ1) is 26.2. The number of carbonyl (C=O) groups excluding carboxylic acids is 1. The summed E-state index contributed by atoms with van der Waals surface area (Å²) in [4.78, 5) is 25.3. The molecule has 0 spiro atoms. The van der Waals surface area contributed by atoms with Gasteiger partial charge >= 0.3 is 0 Å². The zero-order valence-electron chi connectivity index (χ0n) is 34.7. The summed E-state index contributed by atoms with van der Waals surface area (Å²) in [5.41, 5.74) is 0. The van der Waals surface area contributed by atoms with Crippen molar-refractivity contribution in [2.75, 3.05) is 40.9 Å². The van der Waals surface area contributed by atoms with Crippen LogP contribution < -0.4 is 10.2 Å². The number of quaternary nitrogens is 1. The molecule has 11 nitrogen and oxygen atoms in total. The Hall–Kier alpha value is -2.18. The molecule has 0 radical (unpaired) electrons. The van der Waals surface area contributed by atoms with E-state index in [2.05, 4.69) is 12.2 Å². The number of nitrogens with one attached hydrogen (secondary N) is 1. The maximum absolute atomic E-state index is 12.8. The van der Waals surface area contributed by atoms with E-state index in [4.69, 9.17) is 9.05 Å². The number of nitrogens with zero attached hydrogens (tertiary/aromatic N) is 1. The minimum atomic E-state index is -4.69. The fourth-order valence-electron chi connectivity index (χ4n) is 5.31. The molecule has 0 aromatic rings. The average molecular weight is 797 g/mol. The largest absolute Gasteiger partial charge is 0.756 e. The summed E-state index contributed by atoms with van der Waals surface area (Å²) in [6.07, 6.45) is 33.1. The lowest BCUT2D eigenvalue weighted by atomic mass is 10.0. The molecule has 6 atom stereocenters. The van der Waals surface area contributed by atoms with E-state index in [1.807, 2.05) is 46.3 Å². The number of likely N-dealkylation sites (N-methyl/N-ethyl adjacent to an activating group) is 1. The van der Waals surface area contributed by atoms with Crippen molar-refractivity contribution in [2.45, 2.75) is 153 Å². The van der Waals surface area contributed by atoms with Gasteiger partial charge in [-0.25, -0.2) is 0 Å². The van der Waals surface area contributed by atoms with Crippen LogP contribution in [0.4, 0.5) is 0 Å². The van der Waals surface area contributed by atoms with E-state index in [9.17, 15) is 34.7 Å². The Kier molecular flexibility index (Phi) is 32.6. The molecule has 0 aliphatic carbocycles. The number of phosphoric acid groups is 1. The predicted octanol–water partition coefficient (Wildman–Crippen LogP) is 7.13. The van der Waals surface area contributed by atoms with E-state index < -0.39 is 50.8 Å². The Bertz CT molecular complexity index is 1180. The highest BCUT2D eigenvalue weighted by Gasteiger charge is 2.23. The van der Waals surface area contributed by atoms with Gasteiger partial charge in [0.2, 0.25) is 5.91 Å². The first kappa shape index (κ1) is 52.8. The van der Waals surface area contributed by atoms with Gasteiger partial charge in [-0.3, -0.25) is 9.36 Å². The SMILES string of the molecule is CC/C=C\C[C@H](O)/C=C/C=C/C=C\C=C/[C@@H](O)[C@H](O)CCCC(=O)N[C@@H](COP(=O)([O-])OCC[N+](C)(C)C)[C@H](O)/C=C/CCCCCCCCCCCCC. The fraction of sp³-hybridized carbons (Fsp3) is 0.698. The van der Waals surface area contributed by atoms with Crippen LogP contribution in [0, 0.1) is 0 Å². The molecule has 1 amide bonds. The average Bonchev–Trinajstić information content (AvgIpc) is 3.12. The Morgan fingerprint density at radius 2 is 1.31 bits per heavy atom. The Balaban J connectivity index is 4.88. The molecular weight excluding hydrogens is 719 g/mol. The molecule has 0 aliphatic heterocycles. The van der Waals surface area contributed by atoms with E-state index in [1.165, 1.54) is 63.9 Å². The van der Waals surface area contributed by atoms with Gasteiger partial charge in [0.05, 0.1) is 58.2 Å². The number of hydrogen-bond donors (Lipinski definition) is 5. The number of aliphatic hydroxyl groups excluding tert-OH is 4. The van der Waals surface area contributed by atoms with Gasteiger partial charge in [-0.05, 0) is 38.5 Å². The van der Waals surface area contributed by atoms with Gasteiger partial charge in [0.1, 0.15) is 13.2 Å². The standard InChI is InChI=1S/C43H77N2O9P/c1-6-8-10-11-12-13-14-15-16-17-18-22-26-31-40(47)39(37-54-55(51,52)53-36-35-45(3,4)5)44-43(50)34-28-33-42(49)41(48)32-27-23-20-19-21-25-30-38(46)29-24-9-7-2/h9,19-21,23-27,30-32,38-42,46-49H,6-8,10-18,22,28-29,33-37H2,1-5H3,(H-,44,50,51,52)/b21-19+,23-20-,24-9-,30-25+,31-26+,32-27-/t38-,39-,40+,41+,42+/m0/s1. The van der Waals surface area contributed by atoms with Crippen LogP contribution in [0.5, 0.6) is 0 Å². The highest BCUT2D eigenvalue weighted by atomic mass is 31.2. The molecule has 0 fully saturated rings. The van der Waals surface area contributed by atoms with Crippen molar-refractivity contribution in [3.8, 4) is 0 Å². The summed E-state index contributed by atoms with van der Waals surface area (Å²) >= 11 is 0. The van der Waals surface area contributed by atoms with E-state index >= 15 is 0 Å². The molecule has 55 heavy (non-hydrogen) atoms. The van der Waals surface area contributed by atoms with Gasteiger partial charge in [-0.15, -0.1) is 0 Å². The van der Waals surface area contributed by atoms with Crippen molar-refractivity contribution in [1.29, 1.82) is 0 Å².